The Kier molecular flexibility index (Phi) is 8.37. The second kappa shape index (κ2) is 12.0. The second-order valence-electron chi connectivity index (χ2n) is 10.8. The zero-order chi connectivity index (χ0) is 23.0. The van der Waals surface area contributed by atoms with E-state index in [0.717, 1.165) is 74.1 Å². The molecular weight excluding hydrogens is 416 g/mol. The molecule has 0 amide bonds. The minimum atomic E-state index is 1.03. The van der Waals surface area contributed by atoms with Crippen LogP contribution in [0.25, 0.3) is 0 Å². The van der Waals surface area contributed by atoms with Gasteiger partial charge in [0, 0.05) is 22.8 Å². The molecule has 34 heavy (non-hydrogen) atoms. The van der Waals surface area contributed by atoms with Gasteiger partial charge in [-0.1, -0.05) is 25.7 Å². The average Bonchev–Trinajstić information content (AvgIpc) is 2.89. The normalized spacial score (nSPS) is 21.9. The number of aliphatic imine (C=N–C) groups is 4. The summed E-state index contributed by atoms with van der Waals surface area (Å²) in [5.74, 6) is 0. The lowest BCUT2D eigenvalue weighted by Gasteiger charge is -2.18. The number of rotatable bonds is 4. The molecule has 182 valence electrons. The minimum Gasteiger partial charge on any atom is -0.255 e. The molecule has 5 rings (SSSR count). The van der Waals surface area contributed by atoms with Crippen molar-refractivity contribution < 1.29 is 0 Å². The summed E-state index contributed by atoms with van der Waals surface area (Å²) in [6, 6.07) is 4.46. The van der Waals surface area contributed by atoms with Crippen molar-refractivity contribution in [3.63, 3.8) is 0 Å². The van der Waals surface area contributed by atoms with Crippen LogP contribution in [0, 0.1) is 0 Å². The molecule has 4 aliphatic rings. The summed E-state index contributed by atoms with van der Waals surface area (Å²) in [6.45, 7) is 0. The summed E-state index contributed by atoms with van der Waals surface area (Å²) in [5.41, 5.74) is 9.49. The smallest absolute Gasteiger partial charge is 0.0908 e. The molecule has 0 spiro atoms. The van der Waals surface area contributed by atoms with Gasteiger partial charge in [-0.25, -0.2) is 0 Å². The molecule has 0 aromatic heterocycles. The predicted molar refractivity (Wildman–Crippen MR) is 147 cm³/mol. The first-order valence-electron chi connectivity index (χ1n) is 14.3. The molecule has 4 aliphatic carbocycles. The van der Waals surface area contributed by atoms with Crippen LogP contribution >= 0.6 is 0 Å². The van der Waals surface area contributed by atoms with Gasteiger partial charge >= 0.3 is 0 Å². The van der Waals surface area contributed by atoms with Gasteiger partial charge in [-0.05, 0) is 115 Å². The van der Waals surface area contributed by atoms with Gasteiger partial charge < -0.3 is 0 Å². The topological polar surface area (TPSA) is 49.4 Å². The quantitative estimate of drug-likeness (QED) is 0.431. The molecular formula is C30H42N4. The maximum atomic E-state index is 5.22. The van der Waals surface area contributed by atoms with E-state index in [4.69, 9.17) is 20.0 Å². The molecule has 4 nitrogen and oxygen atoms in total. The van der Waals surface area contributed by atoms with Crippen molar-refractivity contribution >= 4 is 45.6 Å². The van der Waals surface area contributed by atoms with Crippen molar-refractivity contribution in [1.29, 1.82) is 0 Å². The molecule has 0 heterocycles. The first kappa shape index (κ1) is 23.6. The maximum Gasteiger partial charge on any atom is 0.0908 e. The third kappa shape index (κ3) is 6.52. The fourth-order valence-electron chi connectivity index (χ4n) is 5.88. The van der Waals surface area contributed by atoms with Crippen LogP contribution in [-0.2, 0) is 0 Å². The first-order chi connectivity index (χ1) is 16.8. The Hall–Kier alpha value is -2.10. The number of hydrogen-bond donors (Lipinski definition) is 0. The SMILES string of the molecule is c1c(N=C2CCCCC2)c(N=C2CCCCC2)cc(N=C2CCCCC2)c1N=C1CCCCC1. The molecule has 0 atom stereocenters. The zero-order valence-corrected chi connectivity index (χ0v) is 21.1. The summed E-state index contributed by atoms with van der Waals surface area (Å²) in [4.78, 5) is 20.9. The predicted octanol–water partition coefficient (Wildman–Crippen LogP) is 9.83. The molecule has 4 saturated carbocycles. The highest BCUT2D eigenvalue weighted by Gasteiger charge is 2.17. The van der Waals surface area contributed by atoms with Crippen LogP contribution in [0.1, 0.15) is 128 Å². The lowest BCUT2D eigenvalue weighted by molar-refractivity contribution is 0.666. The van der Waals surface area contributed by atoms with Crippen LogP contribution < -0.4 is 0 Å². The third-order valence-corrected chi connectivity index (χ3v) is 7.91. The monoisotopic (exact) mass is 458 g/mol. The van der Waals surface area contributed by atoms with Crippen molar-refractivity contribution in [3.8, 4) is 0 Å². The fraction of sp³-hybridized carbons (Fsp3) is 0.667. The molecule has 0 aliphatic heterocycles. The molecule has 1 aromatic rings. The molecule has 0 saturated heterocycles. The molecule has 0 N–H and O–H groups in total. The lowest BCUT2D eigenvalue weighted by atomic mass is 9.97. The Labute approximate surface area is 206 Å². The Bertz CT molecular complexity index is 796. The van der Waals surface area contributed by atoms with E-state index >= 15 is 0 Å². The van der Waals surface area contributed by atoms with Gasteiger partial charge in [-0.15, -0.1) is 0 Å². The van der Waals surface area contributed by atoms with Crippen molar-refractivity contribution in [2.24, 2.45) is 20.0 Å². The van der Waals surface area contributed by atoms with Gasteiger partial charge in [-0.2, -0.15) is 0 Å². The van der Waals surface area contributed by atoms with Crippen molar-refractivity contribution in [1.82, 2.24) is 0 Å². The highest BCUT2D eigenvalue weighted by Crippen LogP contribution is 2.42. The largest absolute Gasteiger partial charge is 0.255 e. The summed E-state index contributed by atoms with van der Waals surface area (Å²) in [5, 5.41) is 0. The Morgan fingerprint density at radius 1 is 0.294 bits per heavy atom. The maximum absolute atomic E-state index is 5.22. The second-order valence-corrected chi connectivity index (χ2v) is 10.8. The Morgan fingerprint density at radius 2 is 0.500 bits per heavy atom. The van der Waals surface area contributed by atoms with Crippen LogP contribution in [0.5, 0.6) is 0 Å². The van der Waals surface area contributed by atoms with Gasteiger partial charge in [-0.3, -0.25) is 20.0 Å². The highest BCUT2D eigenvalue weighted by atomic mass is 14.9. The molecule has 4 heteroatoms. The summed E-state index contributed by atoms with van der Waals surface area (Å²) in [6.07, 6.45) is 24.5. The van der Waals surface area contributed by atoms with Crippen LogP contribution in [0.15, 0.2) is 32.1 Å². The van der Waals surface area contributed by atoms with Gasteiger partial charge in [0.25, 0.3) is 0 Å². The molecule has 4 fully saturated rings. The lowest BCUT2D eigenvalue weighted by Crippen LogP contribution is -2.06. The van der Waals surface area contributed by atoms with Crippen LogP contribution in [0.2, 0.25) is 0 Å². The fourth-order valence-corrected chi connectivity index (χ4v) is 5.88. The van der Waals surface area contributed by atoms with Crippen molar-refractivity contribution in [2.75, 3.05) is 0 Å². The van der Waals surface area contributed by atoms with E-state index in [1.54, 1.807) is 0 Å². The number of benzene rings is 1. The van der Waals surface area contributed by atoms with Gasteiger partial charge in [0.15, 0.2) is 0 Å². The van der Waals surface area contributed by atoms with E-state index < -0.39 is 0 Å². The van der Waals surface area contributed by atoms with Gasteiger partial charge in [0.2, 0.25) is 0 Å². The standard InChI is InChI=1S/C30H42N4/c1-5-13-23(14-6-1)31-27-21-29(33-25-17-9-3-10-18-25)30(34-26-19-11-4-12-20-26)22-28(27)32-24-15-7-2-8-16-24/h21-22H,1-20H2. The number of hydrogen-bond acceptors (Lipinski definition) is 4. The van der Waals surface area contributed by atoms with E-state index in [0.29, 0.717) is 0 Å². The molecule has 1 aromatic carbocycles. The highest BCUT2D eigenvalue weighted by molar-refractivity contribution is 5.97. The van der Waals surface area contributed by atoms with Crippen LogP contribution in [0.4, 0.5) is 22.7 Å². The summed E-state index contributed by atoms with van der Waals surface area (Å²) < 4.78 is 0. The first-order valence-corrected chi connectivity index (χ1v) is 14.3. The van der Waals surface area contributed by atoms with E-state index in [1.807, 2.05) is 0 Å². The third-order valence-electron chi connectivity index (χ3n) is 7.91. The van der Waals surface area contributed by atoms with E-state index in [9.17, 15) is 0 Å². The number of nitrogens with zero attached hydrogens (tertiary/aromatic N) is 4. The van der Waals surface area contributed by atoms with E-state index in [1.165, 1.54) is 99.9 Å². The van der Waals surface area contributed by atoms with Crippen molar-refractivity contribution in [2.45, 2.75) is 128 Å². The molecule has 0 radical (unpaired) electrons. The minimum absolute atomic E-state index is 1.03. The van der Waals surface area contributed by atoms with Gasteiger partial charge in [0.1, 0.15) is 0 Å². The molecule has 0 bridgehead atoms. The Balaban J connectivity index is 1.59. The van der Waals surface area contributed by atoms with E-state index in [2.05, 4.69) is 12.1 Å². The van der Waals surface area contributed by atoms with E-state index in [-0.39, 0.29) is 0 Å². The summed E-state index contributed by atoms with van der Waals surface area (Å²) in [7, 11) is 0. The van der Waals surface area contributed by atoms with Crippen molar-refractivity contribution in [3.05, 3.63) is 12.1 Å². The summed E-state index contributed by atoms with van der Waals surface area (Å²) >= 11 is 0. The molecule has 0 unspecified atom stereocenters. The van der Waals surface area contributed by atoms with Crippen LogP contribution in [0.3, 0.4) is 0 Å². The Morgan fingerprint density at radius 3 is 0.706 bits per heavy atom. The average molecular weight is 459 g/mol. The van der Waals surface area contributed by atoms with Crippen LogP contribution in [-0.4, -0.2) is 22.8 Å². The zero-order valence-electron chi connectivity index (χ0n) is 21.1. The van der Waals surface area contributed by atoms with Gasteiger partial charge in [0.05, 0.1) is 22.7 Å².